The highest BCUT2D eigenvalue weighted by molar-refractivity contribution is 5.74. The molecule has 0 aliphatic heterocycles. The lowest BCUT2D eigenvalue weighted by Crippen LogP contribution is -2.37. The van der Waals surface area contributed by atoms with Crippen LogP contribution < -0.4 is 0 Å². The Hall–Kier alpha value is -1.85. The largest absolute Gasteiger partial charge is 0.444 e. The molecule has 0 fully saturated rings. The minimum Gasteiger partial charge on any atom is -0.444 e. The molecule has 0 aliphatic carbocycles. The Morgan fingerprint density at radius 1 is 1.48 bits per heavy atom. The van der Waals surface area contributed by atoms with Crippen molar-refractivity contribution in [3.63, 3.8) is 0 Å². The monoisotopic (exact) mass is 295 g/mol. The molecule has 0 radical (unpaired) electrons. The predicted molar refractivity (Wildman–Crippen MR) is 79.9 cm³/mol. The molecule has 6 nitrogen and oxygen atoms in total. The Labute approximate surface area is 126 Å². The summed E-state index contributed by atoms with van der Waals surface area (Å²) >= 11 is 0. The van der Waals surface area contributed by atoms with Crippen LogP contribution in [0.25, 0.3) is 0 Å². The summed E-state index contributed by atoms with van der Waals surface area (Å²) in [7, 11) is 1.54. The molecule has 1 aromatic heterocycles. The van der Waals surface area contributed by atoms with Crippen LogP contribution in [0, 0.1) is 5.92 Å². The van der Waals surface area contributed by atoms with Gasteiger partial charge in [0.1, 0.15) is 17.9 Å². The van der Waals surface area contributed by atoms with Gasteiger partial charge in [0.2, 0.25) is 0 Å². The van der Waals surface area contributed by atoms with E-state index in [9.17, 15) is 9.59 Å². The van der Waals surface area contributed by atoms with Gasteiger partial charge in [0.25, 0.3) is 0 Å². The molecule has 0 aliphatic rings. The molecule has 0 spiro atoms. The van der Waals surface area contributed by atoms with Crippen molar-refractivity contribution >= 4 is 12.4 Å². The Morgan fingerprint density at radius 2 is 2.10 bits per heavy atom. The Kier molecular flexibility index (Phi) is 5.52. The molecule has 0 bridgehead atoms. The van der Waals surface area contributed by atoms with Gasteiger partial charge in [-0.25, -0.2) is 4.79 Å². The first-order chi connectivity index (χ1) is 9.64. The van der Waals surface area contributed by atoms with E-state index in [1.54, 1.807) is 31.5 Å². The molecular weight excluding hydrogens is 270 g/mol. The Morgan fingerprint density at radius 3 is 2.57 bits per heavy atom. The molecule has 1 unspecified atom stereocenters. The Balaban J connectivity index is 2.84. The van der Waals surface area contributed by atoms with Crippen LogP contribution in [0.3, 0.4) is 0 Å². The molecule has 6 heteroatoms. The van der Waals surface area contributed by atoms with Gasteiger partial charge >= 0.3 is 6.09 Å². The van der Waals surface area contributed by atoms with Crippen LogP contribution in [0.2, 0.25) is 0 Å². The lowest BCUT2D eigenvalue weighted by Gasteiger charge is -2.27. The topological polar surface area (TPSA) is 64.4 Å². The van der Waals surface area contributed by atoms with E-state index in [4.69, 9.17) is 4.74 Å². The smallest absolute Gasteiger partial charge is 0.410 e. The fourth-order valence-electron chi connectivity index (χ4n) is 1.82. The third kappa shape index (κ3) is 5.21. The standard InChI is InChI=1S/C15H25N3O3/c1-11(2)9-18-8-7-12(16-18)13(10-19)17(6)14(20)21-15(3,4)5/h7-8,10-11,13H,9H2,1-6H3. The maximum atomic E-state index is 12.0. The van der Waals surface area contributed by atoms with Crippen molar-refractivity contribution in [2.45, 2.75) is 52.8 Å². The van der Waals surface area contributed by atoms with Crippen LogP contribution in [-0.2, 0) is 16.1 Å². The second-order valence-electron chi connectivity index (χ2n) is 6.53. The predicted octanol–water partition coefficient (Wildman–Crippen LogP) is 2.65. The summed E-state index contributed by atoms with van der Waals surface area (Å²) in [6.45, 7) is 10.3. The van der Waals surface area contributed by atoms with Gasteiger partial charge in [-0.2, -0.15) is 5.10 Å². The summed E-state index contributed by atoms with van der Waals surface area (Å²) in [5, 5.41) is 4.36. The Bertz CT molecular complexity index is 489. The highest BCUT2D eigenvalue weighted by Crippen LogP contribution is 2.19. The first kappa shape index (κ1) is 17.2. The number of hydrogen-bond donors (Lipinski definition) is 0. The van der Waals surface area contributed by atoms with E-state index < -0.39 is 17.7 Å². The first-order valence-corrected chi connectivity index (χ1v) is 7.08. The number of amides is 1. The average molecular weight is 295 g/mol. The normalized spacial score (nSPS) is 13.1. The van der Waals surface area contributed by atoms with E-state index in [2.05, 4.69) is 18.9 Å². The maximum Gasteiger partial charge on any atom is 0.410 e. The van der Waals surface area contributed by atoms with Crippen LogP contribution in [0.5, 0.6) is 0 Å². The molecular formula is C15H25N3O3. The molecule has 1 heterocycles. The van der Waals surface area contributed by atoms with E-state index in [-0.39, 0.29) is 0 Å². The second-order valence-corrected chi connectivity index (χ2v) is 6.53. The third-order valence-corrected chi connectivity index (χ3v) is 2.74. The van der Waals surface area contributed by atoms with Gasteiger partial charge in [0.15, 0.2) is 0 Å². The van der Waals surface area contributed by atoms with Crippen LogP contribution >= 0.6 is 0 Å². The summed E-state index contributed by atoms with van der Waals surface area (Å²) in [6, 6.07) is 1.01. The van der Waals surface area contributed by atoms with Crippen LogP contribution in [-0.4, -0.2) is 39.7 Å². The molecule has 21 heavy (non-hydrogen) atoms. The van der Waals surface area contributed by atoms with Crippen LogP contribution in [0.4, 0.5) is 4.79 Å². The van der Waals surface area contributed by atoms with Crippen molar-refractivity contribution in [1.82, 2.24) is 14.7 Å². The summed E-state index contributed by atoms with van der Waals surface area (Å²) in [5.74, 6) is 0.455. The van der Waals surface area contributed by atoms with E-state index in [0.717, 1.165) is 6.54 Å². The lowest BCUT2D eigenvalue weighted by atomic mass is 10.2. The van der Waals surface area contributed by atoms with Crippen molar-refractivity contribution in [1.29, 1.82) is 0 Å². The van der Waals surface area contributed by atoms with Gasteiger partial charge in [-0.1, -0.05) is 13.8 Å². The number of ether oxygens (including phenoxy) is 1. The molecule has 1 rings (SSSR count). The quantitative estimate of drug-likeness (QED) is 0.783. The number of rotatable bonds is 5. The second kappa shape index (κ2) is 6.74. The van der Waals surface area contributed by atoms with Crippen LogP contribution in [0.1, 0.15) is 46.4 Å². The van der Waals surface area contributed by atoms with E-state index in [1.807, 2.05) is 6.20 Å². The van der Waals surface area contributed by atoms with Crippen molar-refractivity contribution in [3.05, 3.63) is 18.0 Å². The zero-order valence-corrected chi connectivity index (χ0v) is 13.7. The van der Waals surface area contributed by atoms with E-state index in [0.29, 0.717) is 17.9 Å². The SMILES string of the molecule is CC(C)Cn1ccc(C(C=O)N(C)C(=O)OC(C)(C)C)n1. The number of carbonyl (C=O) groups excluding carboxylic acids is 2. The maximum absolute atomic E-state index is 12.0. The molecule has 0 saturated carbocycles. The van der Waals surface area contributed by atoms with Crippen molar-refractivity contribution in [2.75, 3.05) is 7.05 Å². The van der Waals surface area contributed by atoms with Crippen molar-refractivity contribution in [3.8, 4) is 0 Å². The van der Waals surface area contributed by atoms with Gasteiger partial charge in [0, 0.05) is 19.8 Å². The number of aromatic nitrogens is 2. The van der Waals surface area contributed by atoms with E-state index in [1.165, 1.54) is 11.9 Å². The molecule has 118 valence electrons. The van der Waals surface area contributed by atoms with Gasteiger partial charge < -0.3 is 9.53 Å². The first-order valence-electron chi connectivity index (χ1n) is 7.08. The van der Waals surface area contributed by atoms with E-state index >= 15 is 0 Å². The van der Waals surface area contributed by atoms with Gasteiger partial charge in [0.05, 0.1) is 5.69 Å². The fraction of sp³-hybridized carbons (Fsp3) is 0.667. The zero-order valence-electron chi connectivity index (χ0n) is 13.7. The summed E-state index contributed by atoms with van der Waals surface area (Å²) in [4.78, 5) is 24.6. The number of aldehydes is 1. The highest BCUT2D eigenvalue weighted by atomic mass is 16.6. The van der Waals surface area contributed by atoms with Gasteiger partial charge in [-0.3, -0.25) is 9.58 Å². The number of hydrogen-bond acceptors (Lipinski definition) is 4. The summed E-state index contributed by atoms with van der Waals surface area (Å²) in [6.07, 6.45) is 1.97. The molecule has 1 atom stereocenters. The molecule has 0 saturated heterocycles. The highest BCUT2D eigenvalue weighted by Gasteiger charge is 2.27. The minimum atomic E-state index is -0.742. The van der Waals surface area contributed by atoms with Gasteiger partial charge in [-0.15, -0.1) is 0 Å². The summed E-state index contributed by atoms with van der Waals surface area (Å²) < 4.78 is 7.05. The molecule has 1 aromatic rings. The fourth-order valence-corrected chi connectivity index (χ4v) is 1.82. The third-order valence-electron chi connectivity index (χ3n) is 2.74. The number of nitrogens with zero attached hydrogens (tertiary/aromatic N) is 3. The average Bonchev–Trinajstić information content (AvgIpc) is 2.75. The molecule has 0 N–H and O–H groups in total. The lowest BCUT2D eigenvalue weighted by molar-refractivity contribution is -0.112. The van der Waals surface area contributed by atoms with Crippen molar-refractivity contribution < 1.29 is 14.3 Å². The molecule has 1 amide bonds. The summed E-state index contributed by atoms with van der Waals surface area (Å²) in [5.41, 5.74) is -0.0607. The molecule has 0 aromatic carbocycles. The number of likely N-dealkylation sites (N-methyl/N-ethyl adjacent to an activating group) is 1. The minimum absolute atomic E-state index is 0.455. The van der Waals surface area contributed by atoms with Gasteiger partial charge in [-0.05, 0) is 32.8 Å². The van der Waals surface area contributed by atoms with Crippen molar-refractivity contribution in [2.24, 2.45) is 5.92 Å². The number of carbonyl (C=O) groups is 2. The van der Waals surface area contributed by atoms with Crippen LogP contribution in [0.15, 0.2) is 12.3 Å². The zero-order chi connectivity index (χ0) is 16.2.